The molecule has 0 atom stereocenters. The van der Waals surface area contributed by atoms with Crippen molar-refractivity contribution in [3.05, 3.63) is 131 Å². The van der Waals surface area contributed by atoms with Gasteiger partial charge < -0.3 is 4.74 Å². The first-order valence-corrected chi connectivity index (χ1v) is 9.19. The van der Waals surface area contributed by atoms with Gasteiger partial charge >= 0.3 is 0 Å². The molecule has 0 unspecified atom stereocenters. The average molecular weight is 546 g/mol. The van der Waals surface area contributed by atoms with Gasteiger partial charge in [0.2, 0.25) is 0 Å². The average Bonchev–Trinajstić information content (AvgIpc) is 2.78. The molecule has 0 aliphatic carbocycles. The molecular formula is C28H16OY2-2. The minimum atomic E-state index is 0. The van der Waals surface area contributed by atoms with Crippen LogP contribution in [0.3, 0.4) is 0 Å². The van der Waals surface area contributed by atoms with Gasteiger partial charge in [0.15, 0.2) is 0 Å². The van der Waals surface area contributed by atoms with Crippen LogP contribution in [-0.2, 0) is 65.4 Å². The van der Waals surface area contributed by atoms with Crippen LogP contribution in [0.1, 0.15) is 22.3 Å². The number of benzene rings is 4. The van der Waals surface area contributed by atoms with Crippen molar-refractivity contribution in [2.75, 3.05) is 0 Å². The normalized spacial score (nSPS) is 8.90. The summed E-state index contributed by atoms with van der Waals surface area (Å²) >= 11 is 0. The Hall–Kier alpha value is -1.99. The Bertz CT molecular complexity index is 1130. The Morgan fingerprint density at radius 3 is 1.29 bits per heavy atom. The molecule has 0 bridgehead atoms. The van der Waals surface area contributed by atoms with Crippen LogP contribution in [0, 0.1) is 35.8 Å². The van der Waals surface area contributed by atoms with E-state index in [0.29, 0.717) is 11.5 Å². The van der Waals surface area contributed by atoms with E-state index in [4.69, 9.17) is 4.74 Å². The third-order valence-electron chi connectivity index (χ3n) is 4.01. The van der Waals surface area contributed by atoms with Crippen LogP contribution in [-0.4, -0.2) is 0 Å². The van der Waals surface area contributed by atoms with Crippen molar-refractivity contribution in [3.8, 4) is 35.2 Å². The summed E-state index contributed by atoms with van der Waals surface area (Å²) in [4.78, 5) is 0. The van der Waals surface area contributed by atoms with Crippen molar-refractivity contribution < 1.29 is 70.2 Å². The second-order valence-corrected chi connectivity index (χ2v) is 6.25. The fourth-order valence-corrected chi connectivity index (χ4v) is 2.63. The summed E-state index contributed by atoms with van der Waals surface area (Å²) in [6, 6.07) is 37.0. The maximum absolute atomic E-state index is 5.97. The molecule has 0 aromatic heterocycles. The molecule has 0 amide bonds. The van der Waals surface area contributed by atoms with Gasteiger partial charge in [0.25, 0.3) is 0 Å². The molecule has 0 saturated carbocycles. The topological polar surface area (TPSA) is 9.23 Å². The van der Waals surface area contributed by atoms with E-state index >= 15 is 0 Å². The van der Waals surface area contributed by atoms with E-state index in [1.807, 2.05) is 84.9 Å². The summed E-state index contributed by atoms with van der Waals surface area (Å²) in [6.45, 7) is 0. The van der Waals surface area contributed by atoms with Crippen LogP contribution in [0.25, 0.3) is 0 Å². The van der Waals surface area contributed by atoms with E-state index < -0.39 is 0 Å². The Balaban J connectivity index is 0.00000171. The Morgan fingerprint density at radius 2 is 0.871 bits per heavy atom. The largest absolute Gasteiger partial charge is 0.576 e. The van der Waals surface area contributed by atoms with Crippen molar-refractivity contribution >= 4 is 0 Å². The second kappa shape index (κ2) is 13.4. The maximum atomic E-state index is 5.97. The molecule has 3 heteroatoms. The van der Waals surface area contributed by atoms with Gasteiger partial charge in [0, 0.05) is 76.5 Å². The molecule has 0 aliphatic rings. The predicted molar refractivity (Wildman–Crippen MR) is 115 cm³/mol. The molecule has 0 heterocycles. The van der Waals surface area contributed by atoms with Gasteiger partial charge in [-0.05, 0) is 35.8 Å². The molecular weight excluding hydrogens is 530 g/mol. The third-order valence-corrected chi connectivity index (χ3v) is 4.01. The summed E-state index contributed by atoms with van der Waals surface area (Å²) in [7, 11) is 0. The first-order valence-electron chi connectivity index (χ1n) is 9.19. The summed E-state index contributed by atoms with van der Waals surface area (Å²) in [5.41, 5.74) is 3.63. The maximum Gasteiger partial charge on any atom is 0.0237 e. The smallest absolute Gasteiger partial charge is 0.0237 e. The zero-order valence-electron chi connectivity index (χ0n) is 16.8. The molecule has 0 fully saturated rings. The van der Waals surface area contributed by atoms with Gasteiger partial charge in [-0.25, -0.2) is 0 Å². The van der Waals surface area contributed by atoms with Crippen molar-refractivity contribution in [3.63, 3.8) is 0 Å². The molecule has 0 saturated heterocycles. The molecule has 4 aromatic rings. The van der Waals surface area contributed by atoms with E-state index in [2.05, 4.69) is 35.8 Å². The van der Waals surface area contributed by atoms with Crippen LogP contribution in [0.4, 0.5) is 0 Å². The Morgan fingerprint density at radius 1 is 0.484 bits per heavy atom. The molecule has 31 heavy (non-hydrogen) atoms. The van der Waals surface area contributed by atoms with E-state index in [-0.39, 0.29) is 65.4 Å². The predicted octanol–water partition coefficient (Wildman–Crippen LogP) is 5.87. The first kappa shape index (κ1) is 25.3. The van der Waals surface area contributed by atoms with Gasteiger partial charge in [0.05, 0.1) is 0 Å². The van der Waals surface area contributed by atoms with Crippen molar-refractivity contribution in [1.29, 1.82) is 0 Å². The molecule has 2 radical (unpaired) electrons. The van der Waals surface area contributed by atoms with Gasteiger partial charge in [-0.15, -0.1) is 36.1 Å². The van der Waals surface area contributed by atoms with E-state index in [0.717, 1.165) is 22.3 Å². The molecule has 0 aliphatic heterocycles. The van der Waals surface area contributed by atoms with Crippen molar-refractivity contribution in [2.45, 2.75) is 0 Å². The standard InChI is InChI=1S/C28H16O.2Y/c1-3-9-23(10-4-1)17-19-25-13-7-15-27(21-25)29-28-16-8-14-26(22-28)20-18-24-11-5-2-6-12-24;;/h1-6,9-16,21-22H;;/q-2;;. The van der Waals surface area contributed by atoms with E-state index in [1.165, 1.54) is 0 Å². The number of hydrogen-bond acceptors (Lipinski definition) is 1. The van der Waals surface area contributed by atoms with E-state index in [1.54, 1.807) is 12.1 Å². The molecule has 142 valence electrons. The zero-order valence-corrected chi connectivity index (χ0v) is 22.5. The fourth-order valence-electron chi connectivity index (χ4n) is 2.63. The van der Waals surface area contributed by atoms with Crippen LogP contribution in [0.2, 0.25) is 0 Å². The van der Waals surface area contributed by atoms with Gasteiger partial charge in [0.1, 0.15) is 0 Å². The van der Waals surface area contributed by atoms with Gasteiger partial charge in [-0.2, -0.15) is 24.3 Å². The molecule has 1 nitrogen and oxygen atoms in total. The van der Waals surface area contributed by atoms with Crippen LogP contribution >= 0.6 is 0 Å². The van der Waals surface area contributed by atoms with Gasteiger partial charge in [-0.3, -0.25) is 0 Å². The third kappa shape index (κ3) is 8.22. The Kier molecular flexibility index (Phi) is 10.9. The molecule has 4 aromatic carbocycles. The summed E-state index contributed by atoms with van der Waals surface area (Å²) in [5, 5.41) is 0. The second-order valence-electron chi connectivity index (χ2n) is 6.25. The minimum Gasteiger partial charge on any atom is -0.576 e. The number of hydrogen-bond donors (Lipinski definition) is 0. The molecule has 4 rings (SSSR count). The summed E-state index contributed by atoms with van der Waals surface area (Å²) < 4.78 is 5.97. The number of ether oxygens (including phenoxy) is 1. The molecule has 0 spiro atoms. The monoisotopic (exact) mass is 546 g/mol. The van der Waals surface area contributed by atoms with Crippen molar-refractivity contribution in [2.24, 2.45) is 0 Å². The van der Waals surface area contributed by atoms with Crippen LogP contribution in [0.15, 0.2) is 97.1 Å². The zero-order chi connectivity index (χ0) is 19.7. The quantitative estimate of drug-likeness (QED) is 0.226. The summed E-state index contributed by atoms with van der Waals surface area (Å²) in [5.74, 6) is 13.9. The summed E-state index contributed by atoms with van der Waals surface area (Å²) in [6.07, 6.45) is 0. The van der Waals surface area contributed by atoms with Gasteiger partial charge in [-0.1, -0.05) is 59.4 Å². The van der Waals surface area contributed by atoms with Crippen molar-refractivity contribution in [1.82, 2.24) is 0 Å². The number of rotatable bonds is 2. The van der Waals surface area contributed by atoms with Crippen LogP contribution < -0.4 is 4.74 Å². The van der Waals surface area contributed by atoms with Crippen LogP contribution in [0.5, 0.6) is 11.5 Å². The minimum absolute atomic E-state index is 0. The Labute approximate surface area is 234 Å². The fraction of sp³-hybridized carbons (Fsp3) is 0. The SMILES string of the molecule is C(#Cc1c[c-]cc(Oc2c[c-]cc(C#Cc3ccccc3)c2)c1)c1ccccc1.[Y].[Y]. The molecule has 0 N–H and O–H groups in total. The van der Waals surface area contributed by atoms with E-state index in [9.17, 15) is 0 Å². The first-order chi connectivity index (χ1) is 14.3.